The molecule has 0 radical (unpaired) electrons. The van der Waals surface area contributed by atoms with Gasteiger partial charge in [0.05, 0.1) is 6.61 Å². The summed E-state index contributed by atoms with van der Waals surface area (Å²) in [4.78, 5) is 0. The van der Waals surface area contributed by atoms with Crippen molar-refractivity contribution in [2.45, 2.75) is 18.4 Å². The summed E-state index contributed by atoms with van der Waals surface area (Å²) in [7, 11) is 0. The lowest BCUT2D eigenvalue weighted by atomic mass is 9.88. The van der Waals surface area contributed by atoms with Gasteiger partial charge < -0.3 is 4.74 Å². The van der Waals surface area contributed by atoms with Crippen molar-refractivity contribution in [3.8, 4) is 0 Å². The van der Waals surface area contributed by atoms with Crippen LogP contribution in [0.3, 0.4) is 0 Å². The maximum atomic E-state index is 5.87. The quantitative estimate of drug-likeness (QED) is 0.624. The van der Waals surface area contributed by atoms with Crippen molar-refractivity contribution in [3.05, 3.63) is 70.8 Å². The van der Waals surface area contributed by atoms with Crippen LogP contribution in [-0.4, -0.2) is 6.61 Å². The number of fused-ring (bicyclic) bond motifs is 4. The molecule has 1 spiro atoms. The molecule has 0 atom stereocenters. The first kappa shape index (κ1) is 9.43. The second-order valence-electron chi connectivity index (χ2n) is 4.93. The molecular weight excluding hydrogens is 208 g/mol. The van der Waals surface area contributed by atoms with Crippen molar-refractivity contribution in [2.24, 2.45) is 0 Å². The lowest BCUT2D eigenvalue weighted by Crippen LogP contribution is -2.12. The number of rotatable bonds is 0. The van der Waals surface area contributed by atoms with E-state index in [1.54, 1.807) is 0 Å². The Hall–Kier alpha value is -1.60. The molecule has 17 heavy (non-hydrogen) atoms. The summed E-state index contributed by atoms with van der Waals surface area (Å²) < 4.78 is 5.87. The van der Waals surface area contributed by atoms with Gasteiger partial charge in [0.25, 0.3) is 0 Å². The summed E-state index contributed by atoms with van der Waals surface area (Å²) in [6, 6.07) is 17.4. The minimum Gasteiger partial charge on any atom is -0.359 e. The van der Waals surface area contributed by atoms with E-state index >= 15 is 0 Å². The lowest BCUT2D eigenvalue weighted by molar-refractivity contribution is 0.348. The van der Waals surface area contributed by atoms with E-state index in [9.17, 15) is 0 Å². The van der Waals surface area contributed by atoms with Crippen LogP contribution >= 0.6 is 0 Å². The van der Waals surface area contributed by atoms with Gasteiger partial charge in [-0.15, -0.1) is 0 Å². The first-order valence-electron chi connectivity index (χ1n) is 6.21. The normalized spacial score (nSPS) is 19.3. The molecule has 1 aliphatic heterocycles. The van der Waals surface area contributed by atoms with Crippen LogP contribution in [0.5, 0.6) is 0 Å². The van der Waals surface area contributed by atoms with E-state index in [0.717, 1.165) is 19.4 Å². The summed E-state index contributed by atoms with van der Waals surface area (Å²) in [6.45, 7) is 0.834. The minimum absolute atomic E-state index is 0.121. The molecule has 1 fully saturated rings. The van der Waals surface area contributed by atoms with Gasteiger partial charge in [0.2, 0.25) is 0 Å². The van der Waals surface area contributed by atoms with Gasteiger partial charge in [-0.3, -0.25) is 0 Å². The molecule has 0 unspecified atom stereocenters. The number of hydrogen-bond donors (Lipinski definition) is 0. The van der Waals surface area contributed by atoms with Gasteiger partial charge in [-0.1, -0.05) is 48.5 Å². The number of ether oxygens (including phenoxy) is 1. The summed E-state index contributed by atoms with van der Waals surface area (Å²) >= 11 is 0. The molecular formula is C16H14O. The van der Waals surface area contributed by atoms with Crippen LogP contribution in [0.4, 0.5) is 0 Å². The Morgan fingerprint density at radius 3 is 1.71 bits per heavy atom. The highest BCUT2D eigenvalue weighted by molar-refractivity contribution is 5.50. The summed E-state index contributed by atoms with van der Waals surface area (Å²) in [5, 5.41) is 0. The highest BCUT2D eigenvalue weighted by atomic mass is 16.6. The maximum absolute atomic E-state index is 5.87. The fourth-order valence-electron chi connectivity index (χ4n) is 3.06. The first-order valence-corrected chi connectivity index (χ1v) is 6.21. The van der Waals surface area contributed by atoms with Crippen LogP contribution in [0.1, 0.15) is 22.3 Å². The molecule has 2 aromatic carbocycles. The van der Waals surface area contributed by atoms with Crippen molar-refractivity contribution in [1.29, 1.82) is 0 Å². The maximum Gasteiger partial charge on any atom is 0.142 e. The van der Waals surface area contributed by atoms with E-state index < -0.39 is 0 Å². The van der Waals surface area contributed by atoms with Crippen LogP contribution in [0.25, 0.3) is 0 Å². The average molecular weight is 222 g/mol. The molecule has 2 aliphatic rings. The van der Waals surface area contributed by atoms with Gasteiger partial charge in [-0.05, 0) is 35.1 Å². The fourth-order valence-corrected chi connectivity index (χ4v) is 3.06. The van der Waals surface area contributed by atoms with Crippen LogP contribution in [0, 0.1) is 0 Å². The lowest BCUT2D eigenvalue weighted by Gasteiger charge is -2.15. The van der Waals surface area contributed by atoms with E-state index in [1.807, 2.05) is 0 Å². The second kappa shape index (κ2) is 3.21. The SMILES string of the molecule is c1ccc2c(c1)CCc1ccccc1C21CO1. The Kier molecular flexibility index (Phi) is 1.78. The third kappa shape index (κ3) is 1.23. The molecule has 1 heterocycles. The van der Waals surface area contributed by atoms with Crippen LogP contribution in [0.15, 0.2) is 48.5 Å². The highest BCUT2D eigenvalue weighted by Gasteiger charge is 2.51. The van der Waals surface area contributed by atoms with Crippen molar-refractivity contribution in [3.63, 3.8) is 0 Å². The van der Waals surface area contributed by atoms with E-state index in [1.165, 1.54) is 22.3 Å². The Morgan fingerprint density at radius 1 is 0.765 bits per heavy atom. The molecule has 1 heteroatoms. The highest BCUT2D eigenvalue weighted by Crippen LogP contribution is 2.49. The Bertz CT molecular complexity index is 532. The van der Waals surface area contributed by atoms with Gasteiger partial charge in [-0.2, -0.15) is 0 Å². The van der Waals surface area contributed by atoms with Crippen LogP contribution < -0.4 is 0 Å². The van der Waals surface area contributed by atoms with E-state index in [0.29, 0.717) is 0 Å². The number of epoxide rings is 1. The summed E-state index contributed by atoms with van der Waals surface area (Å²) in [5.74, 6) is 0. The van der Waals surface area contributed by atoms with E-state index in [2.05, 4.69) is 48.5 Å². The van der Waals surface area contributed by atoms with Crippen molar-refractivity contribution < 1.29 is 4.74 Å². The molecule has 84 valence electrons. The first-order chi connectivity index (χ1) is 8.40. The average Bonchev–Trinajstić information content (AvgIpc) is 3.19. The molecule has 0 bridgehead atoms. The van der Waals surface area contributed by atoms with Gasteiger partial charge >= 0.3 is 0 Å². The van der Waals surface area contributed by atoms with Gasteiger partial charge in [0.15, 0.2) is 0 Å². The third-order valence-electron chi connectivity index (χ3n) is 4.00. The van der Waals surface area contributed by atoms with E-state index in [4.69, 9.17) is 4.74 Å². The topological polar surface area (TPSA) is 12.5 Å². The Balaban J connectivity index is 2.00. The van der Waals surface area contributed by atoms with Gasteiger partial charge in [-0.25, -0.2) is 0 Å². The van der Waals surface area contributed by atoms with Gasteiger partial charge in [0, 0.05) is 0 Å². The van der Waals surface area contributed by atoms with Gasteiger partial charge in [0.1, 0.15) is 5.60 Å². The fraction of sp³-hybridized carbons (Fsp3) is 0.250. The smallest absolute Gasteiger partial charge is 0.142 e. The molecule has 2 aromatic rings. The molecule has 0 N–H and O–H groups in total. The predicted molar refractivity (Wildman–Crippen MR) is 67.0 cm³/mol. The Labute approximate surface area is 101 Å². The Morgan fingerprint density at radius 2 is 1.24 bits per heavy atom. The largest absolute Gasteiger partial charge is 0.359 e. The molecule has 4 rings (SSSR count). The van der Waals surface area contributed by atoms with Crippen molar-refractivity contribution in [2.75, 3.05) is 6.61 Å². The molecule has 1 aliphatic carbocycles. The van der Waals surface area contributed by atoms with Crippen LogP contribution in [-0.2, 0) is 23.2 Å². The minimum atomic E-state index is -0.121. The summed E-state index contributed by atoms with van der Waals surface area (Å²) in [5.41, 5.74) is 5.53. The molecule has 0 amide bonds. The van der Waals surface area contributed by atoms with E-state index in [-0.39, 0.29) is 5.60 Å². The second-order valence-corrected chi connectivity index (χ2v) is 4.93. The zero-order chi connectivity index (χ0) is 11.3. The number of hydrogen-bond acceptors (Lipinski definition) is 1. The standard InChI is InChI=1S/C16H14O/c1-3-7-14-12(5-1)9-10-13-6-2-4-8-15(13)16(14)11-17-16/h1-8H,9-11H2. The number of aryl methyl sites for hydroxylation is 2. The number of benzene rings is 2. The molecule has 0 saturated carbocycles. The molecule has 1 saturated heterocycles. The van der Waals surface area contributed by atoms with Crippen LogP contribution in [0.2, 0.25) is 0 Å². The zero-order valence-corrected chi connectivity index (χ0v) is 9.65. The summed E-state index contributed by atoms with van der Waals surface area (Å²) in [6.07, 6.45) is 2.25. The monoisotopic (exact) mass is 222 g/mol. The van der Waals surface area contributed by atoms with Crippen molar-refractivity contribution in [1.82, 2.24) is 0 Å². The molecule has 0 aromatic heterocycles. The zero-order valence-electron chi connectivity index (χ0n) is 9.65. The predicted octanol–water partition coefficient (Wildman–Crippen LogP) is 3.06. The molecule has 1 nitrogen and oxygen atoms in total. The third-order valence-corrected chi connectivity index (χ3v) is 4.00. The van der Waals surface area contributed by atoms with Crippen molar-refractivity contribution >= 4 is 0 Å².